The maximum Gasteiger partial charge on any atom is 0.338 e. The molecule has 2 aromatic heterocycles. The molecule has 0 saturated carbocycles. The second-order valence-electron chi connectivity index (χ2n) is 4.60. The number of hydrogen-bond donors (Lipinski definition) is 2. The van der Waals surface area contributed by atoms with Crippen LogP contribution in [-0.4, -0.2) is 27.0 Å². The van der Waals surface area contributed by atoms with Crippen molar-refractivity contribution >= 4 is 38.6 Å². The number of hydrogen-bond acceptors (Lipinski definition) is 5. The molecule has 22 heavy (non-hydrogen) atoms. The van der Waals surface area contributed by atoms with Crippen molar-refractivity contribution in [3.8, 4) is 0 Å². The van der Waals surface area contributed by atoms with Crippen LogP contribution in [0.1, 0.15) is 26.4 Å². The van der Waals surface area contributed by atoms with Crippen LogP contribution in [0.25, 0.3) is 10.2 Å². The number of aryl methyl sites for hydroxylation is 1. The minimum atomic E-state index is -1.20. The number of nitrogens with zero attached hydrogens (tertiary/aromatic N) is 2. The van der Waals surface area contributed by atoms with E-state index in [1.54, 1.807) is 0 Å². The maximum absolute atomic E-state index is 12.2. The van der Waals surface area contributed by atoms with Crippen molar-refractivity contribution in [1.82, 2.24) is 9.97 Å². The number of rotatable bonds is 3. The smallest absolute Gasteiger partial charge is 0.338 e. The van der Waals surface area contributed by atoms with Gasteiger partial charge in [-0.2, -0.15) is 0 Å². The minimum absolute atomic E-state index is 0.133. The summed E-state index contributed by atoms with van der Waals surface area (Å²) in [5, 5.41) is 12.1. The van der Waals surface area contributed by atoms with Gasteiger partial charge >= 0.3 is 5.97 Å². The third-order valence-electron chi connectivity index (χ3n) is 3.09. The molecule has 0 unspecified atom stereocenters. The Bertz CT molecular complexity index is 889. The highest BCUT2D eigenvalue weighted by atomic mass is 32.1. The number of aromatic nitrogens is 2. The summed E-state index contributed by atoms with van der Waals surface area (Å²) in [5.74, 6) is -1.78. The Hall–Kier alpha value is -2.80. The van der Waals surface area contributed by atoms with Gasteiger partial charge in [0.1, 0.15) is 5.69 Å². The van der Waals surface area contributed by atoms with E-state index in [9.17, 15) is 9.59 Å². The predicted molar refractivity (Wildman–Crippen MR) is 83.5 cm³/mol. The average Bonchev–Trinajstić information content (AvgIpc) is 2.91. The molecule has 0 aliphatic carbocycles. The summed E-state index contributed by atoms with van der Waals surface area (Å²) >= 11 is 1.33. The van der Waals surface area contributed by atoms with Crippen LogP contribution >= 0.6 is 11.3 Å². The van der Waals surface area contributed by atoms with Gasteiger partial charge in [-0.1, -0.05) is 23.5 Å². The van der Waals surface area contributed by atoms with Gasteiger partial charge in [0.05, 0.1) is 15.8 Å². The van der Waals surface area contributed by atoms with E-state index >= 15 is 0 Å². The molecule has 0 aliphatic heterocycles. The van der Waals surface area contributed by atoms with Gasteiger partial charge in [-0.25, -0.2) is 9.78 Å². The van der Waals surface area contributed by atoms with Crippen LogP contribution in [0.5, 0.6) is 0 Å². The van der Waals surface area contributed by atoms with Crippen molar-refractivity contribution in [2.75, 3.05) is 5.32 Å². The number of fused-ring (bicyclic) bond motifs is 1. The van der Waals surface area contributed by atoms with Crippen LogP contribution in [0.2, 0.25) is 0 Å². The number of aromatic carboxylic acids is 1. The number of carbonyl (C=O) groups excluding carboxylic acids is 1. The first-order valence-electron chi connectivity index (χ1n) is 6.42. The van der Waals surface area contributed by atoms with Crippen LogP contribution in [0.3, 0.4) is 0 Å². The minimum Gasteiger partial charge on any atom is -0.478 e. The quantitative estimate of drug-likeness (QED) is 0.775. The van der Waals surface area contributed by atoms with Crippen LogP contribution in [0.15, 0.2) is 36.5 Å². The topological polar surface area (TPSA) is 92.2 Å². The number of carboxylic acids is 1. The van der Waals surface area contributed by atoms with E-state index in [0.717, 1.165) is 15.8 Å². The summed E-state index contributed by atoms with van der Waals surface area (Å²) in [6.45, 7) is 1.94. The molecule has 0 fully saturated rings. The highest BCUT2D eigenvalue weighted by Gasteiger charge is 2.19. The Kier molecular flexibility index (Phi) is 3.56. The van der Waals surface area contributed by atoms with E-state index in [0.29, 0.717) is 5.13 Å². The first-order chi connectivity index (χ1) is 10.6. The average molecular weight is 313 g/mol. The number of anilines is 1. The van der Waals surface area contributed by atoms with Gasteiger partial charge in [-0.05, 0) is 30.7 Å². The maximum atomic E-state index is 12.2. The van der Waals surface area contributed by atoms with E-state index in [1.807, 2.05) is 25.1 Å². The van der Waals surface area contributed by atoms with Gasteiger partial charge in [0.25, 0.3) is 5.91 Å². The fourth-order valence-electron chi connectivity index (χ4n) is 2.05. The molecule has 2 heterocycles. The van der Waals surface area contributed by atoms with Crippen molar-refractivity contribution in [1.29, 1.82) is 0 Å². The number of benzene rings is 1. The van der Waals surface area contributed by atoms with Crippen LogP contribution in [-0.2, 0) is 0 Å². The normalized spacial score (nSPS) is 10.6. The molecule has 110 valence electrons. The fraction of sp³-hybridized carbons (Fsp3) is 0.0667. The summed E-state index contributed by atoms with van der Waals surface area (Å²) < 4.78 is 0.953. The Balaban J connectivity index is 1.93. The summed E-state index contributed by atoms with van der Waals surface area (Å²) in [6.07, 6.45) is 1.38. The van der Waals surface area contributed by atoms with E-state index in [-0.39, 0.29) is 11.3 Å². The van der Waals surface area contributed by atoms with E-state index in [2.05, 4.69) is 15.3 Å². The molecule has 1 aromatic carbocycles. The molecular formula is C15H11N3O3S. The first-order valence-corrected chi connectivity index (χ1v) is 7.23. The molecule has 0 spiro atoms. The Labute approximate surface area is 129 Å². The third kappa shape index (κ3) is 2.53. The molecule has 3 aromatic rings. The number of thiazole rings is 1. The van der Waals surface area contributed by atoms with Gasteiger partial charge in [0.15, 0.2) is 5.13 Å². The largest absolute Gasteiger partial charge is 0.478 e. The Morgan fingerprint density at radius 3 is 2.77 bits per heavy atom. The van der Waals surface area contributed by atoms with Crippen molar-refractivity contribution in [2.24, 2.45) is 0 Å². The highest BCUT2D eigenvalue weighted by molar-refractivity contribution is 7.22. The van der Waals surface area contributed by atoms with Crippen LogP contribution in [0, 0.1) is 6.92 Å². The summed E-state index contributed by atoms with van der Waals surface area (Å²) in [7, 11) is 0. The standard InChI is InChI=1S/C15H11N3O3S/c1-8-4-2-6-10-11(8)17-15(22-10)18-13(19)12-9(14(20)21)5-3-7-16-12/h2-7H,1H3,(H,20,21)(H,17,18,19). The second kappa shape index (κ2) is 5.53. The first kappa shape index (κ1) is 14.2. The zero-order chi connectivity index (χ0) is 15.7. The molecule has 0 radical (unpaired) electrons. The molecule has 3 rings (SSSR count). The van der Waals surface area contributed by atoms with Gasteiger partial charge in [0, 0.05) is 6.20 Å². The van der Waals surface area contributed by atoms with E-state index in [4.69, 9.17) is 5.11 Å². The predicted octanol–water partition coefficient (Wildman–Crippen LogP) is 2.95. The van der Waals surface area contributed by atoms with Crippen LogP contribution in [0.4, 0.5) is 5.13 Å². The molecule has 1 amide bonds. The lowest BCUT2D eigenvalue weighted by Crippen LogP contribution is -2.18. The third-order valence-corrected chi connectivity index (χ3v) is 4.03. The fourth-order valence-corrected chi connectivity index (χ4v) is 2.99. The number of nitrogens with one attached hydrogen (secondary N) is 1. The molecule has 0 aliphatic rings. The lowest BCUT2D eigenvalue weighted by Gasteiger charge is -2.03. The number of carboxylic acid groups (broad SMARTS) is 1. The summed E-state index contributed by atoms with van der Waals surface area (Å²) in [6, 6.07) is 8.59. The van der Waals surface area contributed by atoms with Gasteiger partial charge in [0.2, 0.25) is 0 Å². The van der Waals surface area contributed by atoms with E-state index < -0.39 is 11.9 Å². The monoisotopic (exact) mass is 313 g/mol. The van der Waals surface area contributed by atoms with E-state index in [1.165, 1.54) is 29.7 Å². The molecule has 0 atom stereocenters. The molecule has 0 saturated heterocycles. The Morgan fingerprint density at radius 1 is 1.23 bits per heavy atom. The number of pyridine rings is 1. The molecule has 0 bridgehead atoms. The molecule has 2 N–H and O–H groups in total. The van der Waals surface area contributed by atoms with Crippen molar-refractivity contribution < 1.29 is 14.7 Å². The van der Waals surface area contributed by atoms with Gasteiger partial charge in [-0.3, -0.25) is 15.1 Å². The van der Waals surface area contributed by atoms with Crippen molar-refractivity contribution in [3.63, 3.8) is 0 Å². The summed E-state index contributed by atoms with van der Waals surface area (Å²) in [4.78, 5) is 31.6. The molecule has 7 heteroatoms. The van der Waals surface area contributed by atoms with Crippen molar-refractivity contribution in [2.45, 2.75) is 6.92 Å². The van der Waals surface area contributed by atoms with Crippen molar-refractivity contribution in [3.05, 3.63) is 53.3 Å². The van der Waals surface area contributed by atoms with Crippen LogP contribution < -0.4 is 5.32 Å². The number of carbonyl (C=O) groups is 2. The second-order valence-corrected chi connectivity index (χ2v) is 5.63. The molecule has 6 nitrogen and oxygen atoms in total. The highest BCUT2D eigenvalue weighted by Crippen LogP contribution is 2.28. The van der Waals surface area contributed by atoms with Gasteiger partial charge < -0.3 is 5.11 Å². The lowest BCUT2D eigenvalue weighted by atomic mass is 10.2. The number of para-hydroxylation sites is 1. The molecular weight excluding hydrogens is 302 g/mol. The lowest BCUT2D eigenvalue weighted by molar-refractivity contribution is 0.0691. The number of amides is 1. The zero-order valence-corrected chi connectivity index (χ0v) is 12.3. The SMILES string of the molecule is Cc1cccc2sc(NC(=O)c3ncccc3C(=O)O)nc12. The zero-order valence-electron chi connectivity index (χ0n) is 11.5. The Morgan fingerprint density at radius 2 is 2.05 bits per heavy atom. The summed E-state index contributed by atoms with van der Waals surface area (Å²) in [5.41, 5.74) is 1.56. The van der Waals surface area contributed by atoms with Gasteiger partial charge in [-0.15, -0.1) is 0 Å².